The SMILES string of the molecule is C=C(CN1N=Cc2c(n(C)c3nc(Cc4ccn[nH]4)sc23)/C1=C/CC)N=CSC. The number of hydrogen-bond acceptors (Lipinski definition) is 7. The molecule has 4 heterocycles. The molecule has 0 spiro atoms. The largest absolute Gasteiger partial charge is 0.326 e. The molecule has 3 aromatic rings. The molecule has 1 N–H and O–H groups in total. The fourth-order valence-electron chi connectivity index (χ4n) is 3.38. The summed E-state index contributed by atoms with van der Waals surface area (Å²) in [5.41, 5.74) is 7.98. The van der Waals surface area contributed by atoms with Crippen molar-refractivity contribution in [1.29, 1.82) is 0 Å². The molecular formula is C20H23N7S2. The highest BCUT2D eigenvalue weighted by molar-refractivity contribution is 8.11. The van der Waals surface area contributed by atoms with Gasteiger partial charge in [-0.05, 0) is 18.7 Å². The highest BCUT2D eigenvalue weighted by atomic mass is 32.2. The minimum atomic E-state index is 0.552. The van der Waals surface area contributed by atoms with Crippen LogP contribution >= 0.6 is 23.1 Å². The maximum absolute atomic E-state index is 4.90. The number of aliphatic imine (C=N–C) groups is 1. The fourth-order valence-corrected chi connectivity index (χ4v) is 4.76. The molecule has 29 heavy (non-hydrogen) atoms. The molecule has 0 aromatic carbocycles. The van der Waals surface area contributed by atoms with Gasteiger partial charge in [-0.15, -0.1) is 23.1 Å². The van der Waals surface area contributed by atoms with Gasteiger partial charge in [0.05, 0.1) is 40.1 Å². The smallest absolute Gasteiger partial charge is 0.152 e. The van der Waals surface area contributed by atoms with Crippen LogP contribution in [0, 0.1) is 0 Å². The van der Waals surface area contributed by atoms with E-state index in [9.17, 15) is 0 Å². The lowest BCUT2D eigenvalue weighted by Gasteiger charge is -2.26. The van der Waals surface area contributed by atoms with Crippen molar-refractivity contribution in [3.8, 4) is 0 Å². The molecule has 0 amide bonds. The number of rotatable bonds is 7. The van der Waals surface area contributed by atoms with Crippen LogP contribution in [0.4, 0.5) is 0 Å². The highest BCUT2D eigenvalue weighted by Gasteiger charge is 2.27. The Hall–Kier alpha value is -2.65. The summed E-state index contributed by atoms with van der Waals surface area (Å²) in [6, 6.07) is 1.98. The number of aromatic amines is 1. The summed E-state index contributed by atoms with van der Waals surface area (Å²) >= 11 is 3.28. The number of allylic oxidation sites excluding steroid dienone is 1. The van der Waals surface area contributed by atoms with Crippen LogP contribution in [-0.4, -0.2) is 49.3 Å². The first kappa shape index (κ1) is 19.7. The summed E-state index contributed by atoms with van der Waals surface area (Å²) < 4.78 is 3.34. The normalized spacial score (nSPS) is 15.1. The van der Waals surface area contributed by atoms with Gasteiger partial charge in [0.1, 0.15) is 5.01 Å². The molecule has 0 saturated carbocycles. The molecule has 0 radical (unpaired) electrons. The Bertz CT molecular complexity index is 1120. The summed E-state index contributed by atoms with van der Waals surface area (Å²) in [4.78, 5) is 9.26. The Balaban J connectivity index is 1.70. The second-order valence-electron chi connectivity index (χ2n) is 6.68. The molecule has 9 heteroatoms. The zero-order chi connectivity index (χ0) is 20.4. The van der Waals surface area contributed by atoms with E-state index >= 15 is 0 Å². The Labute approximate surface area is 177 Å². The summed E-state index contributed by atoms with van der Waals surface area (Å²) in [6.45, 7) is 6.75. The summed E-state index contributed by atoms with van der Waals surface area (Å²) in [7, 11) is 2.07. The molecule has 0 aliphatic carbocycles. The minimum absolute atomic E-state index is 0.552. The van der Waals surface area contributed by atoms with Crippen molar-refractivity contribution < 1.29 is 0 Å². The number of nitrogens with zero attached hydrogens (tertiary/aromatic N) is 6. The summed E-state index contributed by atoms with van der Waals surface area (Å²) in [5, 5.41) is 14.8. The van der Waals surface area contributed by atoms with E-state index in [1.807, 2.05) is 23.5 Å². The van der Waals surface area contributed by atoms with Crippen LogP contribution in [0.25, 0.3) is 16.0 Å². The Morgan fingerprint density at radius 3 is 3.03 bits per heavy atom. The summed E-state index contributed by atoms with van der Waals surface area (Å²) in [5.74, 6) is 0. The van der Waals surface area contributed by atoms with Gasteiger partial charge < -0.3 is 4.57 Å². The van der Waals surface area contributed by atoms with Crippen molar-refractivity contribution in [2.45, 2.75) is 19.8 Å². The number of aryl methyl sites for hydroxylation is 1. The molecule has 1 aliphatic heterocycles. The first-order chi connectivity index (χ1) is 14.1. The van der Waals surface area contributed by atoms with Crippen LogP contribution in [0.3, 0.4) is 0 Å². The maximum atomic E-state index is 4.90. The number of thioether (sulfide) groups is 1. The van der Waals surface area contributed by atoms with Crippen LogP contribution in [0.5, 0.6) is 0 Å². The monoisotopic (exact) mass is 425 g/mol. The second kappa shape index (κ2) is 8.38. The lowest BCUT2D eigenvalue weighted by Crippen LogP contribution is -2.24. The van der Waals surface area contributed by atoms with Gasteiger partial charge in [-0.1, -0.05) is 19.6 Å². The third-order valence-corrected chi connectivity index (χ3v) is 6.02. The zero-order valence-corrected chi connectivity index (χ0v) is 18.3. The van der Waals surface area contributed by atoms with E-state index in [1.54, 1.807) is 34.8 Å². The third-order valence-electron chi connectivity index (χ3n) is 4.62. The maximum Gasteiger partial charge on any atom is 0.152 e. The quantitative estimate of drug-likeness (QED) is 0.453. The number of aromatic nitrogens is 4. The lowest BCUT2D eigenvalue weighted by molar-refractivity contribution is 0.450. The van der Waals surface area contributed by atoms with Gasteiger partial charge >= 0.3 is 0 Å². The molecule has 0 saturated heterocycles. The van der Waals surface area contributed by atoms with E-state index in [2.05, 4.69) is 46.4 Å². The Kier molecular flexibility index (Phi) is 5.68. The van der Waals surface area contributed by atoms with Crippen LogP contribution < -0.4 is 0 Å². The van der Waals surface area contributed by atoms with Crippen molar-refractivity contribution in [2.75, 3.05) is 12.8 Å². The highest BCUT2D eigenvalue weighted by Crippen LogP contribution is 2.37. The van der Waals surface area contributed by atoms with Gasteiger partial charge in [0.2, 0.25) is 0 Å². The minimum Gasteiger partial charge on any atom is -0.326 e. The van der Waals surface area contributed by atoms with Gasteiger partial charge in [0.15, 0.2) is 5.65 Å². The number of hydrogen-bond donors (Lipinski definition) is 1. The average Bonchev–Trinajstić information content (AvgIpc) is 3.42. The second-order valence-corrected chi connectivity index (χ2v) is 8.44. The third kappa shape index (κ3) is 3.79. The van der Waals surface area contributed by atoms with Gasteiger partial charge in [-0.25, -0.2) is 4.98 Å². The van der Waals surface area contributed by atoms with E-state index in [1.165, 1.54) is 4.70 Å². The lowest BCUT2D eigenvalue weighted by atomic mass is 10.1. The number of thiazole rings is 1. The fraction of sp³-hybridized carbons (Fsp3) is 0.300. The van der Waals surface area contributed by atoms with E-state index in [0.29, 0.717) is 6.54 Å². The van der Waals surface area contributed by atoms with Gasteiger partial charge in [0, 0.05) is 30.9 Å². The number of nitrogens with one attached hydrogen (secondary N) is 1. The van der Waals surface area contributed by atoms with Crippen molar-refractivity contribution in [3.05, 3.63) is 52.6 Å². The predicted molar refractivity (Wildman–Crippen MR) is 124 cm³/mol. The zero-order valence-electron chi connectivity index (χ0n) is 16.7. The topological polar surface area (TPSA) is 74.5 Å². The first-order valence-corrected chi connectivity index (χ1v) is 11.4. The molecule has 4 rings (SSSR count). The van der Waals surface area contributed by atoms with Crippen molar-refractivity contribution in [2.24, 2.45) is 17.1 Å². The Morgan fingerprint density at radius 1 is 1.45 bits per heavy atom. The molecule has 0 fully saturated rings. The van der Waals surface area contributed by atoms with Crippen molar-refractivity contribution in [3.63, 3.8) is 0 Å². The van der Waals surface area contributed by atoms with Gasteiger partial charge in [-0.2, -0.15) is 10.2 Å². The molecule has 0 bridgehead atoms. The first-order valence-electron chi connectivity index (χ1n) is 9.33. The standard InChI is InChI=1S/C20H23N7S2/c1-5-6-16-18-15(10-23-27(16)11-13(2)21-12-28-4)19-20(26(18)3)24-17(29-19)9-14-7-8-22-25-14/h6-8,10,12H,2,5,9,11H2,1,3-4H3,(H,22,25)/b16-6-,21-12?. The molecule has 150 valence electrons. The Morgan fingerprint density at radius 2 is 2.31 bits per heavy atom. The van der Waals surface area contributed by atoms with E-state index < -0.39 is 0 Å². The van der Waals surface area contributed by atoms with Crippen LogP contribution in [0.1, 0.15) is 35.3 Å². The van der Waals surface area contributed by atoms with Crippen LogP contribution in [0.15, 0.2) is 40.7 Å². The number of H-pyrrole nitrogens is 1. The molecule has 0 atom stereocenters. The summed E-state index contributed by atoms with van der Waals surface area (Å²) in [6.07, 6.45) is 9.56. The van der Waals surface area contributed by atoms with Crippen molar-refractivity contribution >= 4 is 50.9 Å². The molecule has 3 aromatic heterocycles. The average molecular weight is 426 g/mol. The van der Waals surface area contributed by atoms with E-state index in [4.69, 9.17) is 10.1 Å². The van der Waals surface area contributed by atoms with Crippen molar-refractivity contribution in [1.82, 2.24) is 24.8 Å². The van der Waals surface area contributed by atoms with Gasteiger partial charge in [0.25, 0.3) is 0 Å². The molecular weight excluding hydrogens is 402 g/mol. The molecule has 7 nitrogen and oxygen atoms in total. The van der Waals surface area contributed by atoms with Crippen LogP contribution in [0.2, 0.25) is 0 Å². The van der Waals surface area contributed by atoms with E-state index in [-0.39, 0.29) is 0 Å². The number of fused-ring (bicyclic) bond motifs is 3. The molecule has 0 unspecified atom stereocenters. The number of hydrazone groups is 1. The van der Waals surface area contributed by atoms with E-state index in [0.717, 1.165) is 51.8 Å². The van der Waals surface area contributed by atoms with Crippen LogP contribution in [-0.2, 0) is 13.5 Å². The predicted octanol–water partition coefficient (Wildman–Crippen LogP) is 4.25. The molecule has 1 aliphatic rings. The van der Waals surface area contributed by atoms with Gasteiger partial charge in [-0.3, -0.25) is 15.1 Å².